The molecule has 3 atom stereocenters. The van der Waals surface area contributed by atoms with E-state index in [-0.39, 0.29) is 29.8 Å². The highest BCUT2D eigenvalue weighted by atomic mass is 16.2. The predicted octanol–water partition coefficient (Wildman–Crippen LogP) is 4.87. The van der Waals surface area contributed by atoms with Gasteiger partial charge in [-0.15, -0.1) is 0 Å². The summed E-state index contributed by atoms with van der Waals surface area (Å²) in [6.45, 7) is 7.14. The molecule has 2 fully saturated rings. The van der Waals surface area contributed by atoms with Crippen LogP contribution >= 0.6 is 0 Å². The second-order valence-electron chi connectivity index (χ2n) is 9.40. The predicted molar refractivity (Wildman–Crippen MR) is 123 cm³/mol. The largest absolute Gasteiger partial charge is 0.353 e. The number of rotatable bonds is 9. The van der Waals surface area contributed by atoms with Gasteiger partial charge in [-0.05, 0) is 49.1 Å². The molecule has 1 aromatic carbocycles. The third-order valence-electron chi connectivity index (χ3n) is 6.83. The van der Waals surface area contributed by atoms with Crippen LogP contribution < -0.4 is 5.32 Å². The zero-order valence-corrected chi connectivity index (χ0v) is 18.6. The van der Waals surface area contributed by atoms with Gasteiger partial charge in [0.25, 0.3) is 0 Å². The number of fused-ring (bicyclic) bond motifs is 1. The van der Waals surface area contributed by atoms with Gasteiger partial charge in [0.2, 0.25) is 5.91 Å². The van der Waals surface area contributed by atoms with Crippen LogP contribution in [0.3, 0.4) is 0 Å². The van der Waals surface area contributed by atoms with Gasteiger partial charge >= 0.3 is 0 Å². The van der Waals surface area contributed by atoms with Crippen LogP contribution in [-0.4, -0.2) is 28.5 Å². The first-order valence-corrected chi connectivity index (χ1v) is 11.7. The number of benzene rings is 1. The Kier molecular flexibility index (Phi) is 6.89. The summed E-state index contributed by atoms with van der Waals surface area (Å²) in [7, 11) is 0. The lowest BCUT2D eigenvalue weighted by Crippen LogP contribution is -2.41. The number of aromatic amines is 1. The summed E-state index contributed by atoms with van der Waals surface area (Å²) >= 11 is 0. The molecule has 1 heterocycles. The molecule has 2 aliphatic rings. The van der Waals surface area contributed by atoms with Crippen molar-refractivity contribution in [1.29, 1.82) is 5.26 Å². The molecular weight excluding hydrogens is 416 g/mol. The molecule has 2 saturated carbocycles. The second kappa shape index (κ2) is 10.0. The number of hydrogen-bond donors (Lipinski definition) is 2. The molecule has 0 aliphatic heterocycles. The van der Waals surface area contributed by atoms with E-state index in [1.54, 1.807) is 24.3 Å². The highest BCUT2D eigenvalue weighted by Crippen LogP contribution is 2.37. The molecule has 33 heavy (non-hydrogen) atoms. The smallest absolute Gasteiger partial charge is 0.224 e. The van der Waals surface area contributed by atoms with Gasteiger partial charge in [0.05, 0.1) is 18.3 Å². The third-order valence-corrected chi connectivity index (χ3v) is 6.83. The Hall–Kier alpha value is -3.45. The minimum absolute atomic E-state index is 0.0609. The molecule has 0 saturated heterocycles. The zero-order valence-electron chi connectivity index (χ0n) is 18.6. The number of nitrogens with zero attached hydrogens (tertiary/aromatic N) is 2. The van der Waals surface area contributed by atoms with E-state index in [1.807, 2.05) is 0 Å². The summed E-state index contributed by atoms with van der Waals surface area (Å²) in [6, 6.07) is 8.39. The normalized spacial score (nSPS) is 19.9. The van der Waals surface area contributed by atoms with Crippen molar-refractivity contribution in [2.75, 3.05) is 0 Å². The second-order valence-corrected chi connectivity index (χ2v) is 9.40. The van der Waals surface area contributed by atoms with Crippen LogP contribution in [0.1, 0.15) is 68.3 Å². The van der Waals surface area contributed by atoms with Gasteiger partial charge in [-0.3, -0.25) is 14.4 Å². The highest BCUT2D eigenvalue weighted by molar-refractivity contribution is 6.01. The number of H-pyrrole nitrogens is 1. The number of carbonyl (C=O) groups is 3. The van der Waals surface area contributed by atoms with Crippen LogP contribution in [0.15, 0.2) is 24.3 Å². The number of nitrogens with one attached hydrogen (secondary N) is 2. The fourth-order valence-electron chi connectivity index (χ4n) is 4.73. The maximum absolute atomic E-state index is 13.1. The zero-order chi connectivity index (χ0) is 23.4. The Bertz CT molecular complexity index is 1150. The summed E-state index contributed by atoms with van der Waals surface area (Å²) in [5, 5.41) is 13.2. The number of amides is 1. The molecule has 4 rings (SSSR count). The molecule has 7 heteroatoms. The number of nitriles is 1. The summed E-state index contributed by atoms with van der Waals surface area (Å²) in [6.07, 6.45) is 6.34. The molecule has 1 amide bonds. The van der Waals surface area contributed by atoms with E-state index in [0.29, 0.717) is 36.6 Å². The van der Waals surface area contributed by atoms with Gasteiger partial charge in [0, 0.05) is 30.2 Å². The van der Waals surface area contributed by atoms with E-state index in [4.69, 9.17) is 6.57 Å². The van der Waals surface area contributed by atoms with Gasteiger partial charge in [-0.25, -0.2) is 4.85 Å². The number of hydrogen-bond acceptors (Lipinski definition) is 4. The van der Waals surface area contributed by atoms with Crippen molar-refractivity contribution in [3.63, 3.8) is 0 Å². The van der Waals surface area contributed by atoms with E-state index in [9.17, 15) is 19.6 Å². The highest BCUT2D eigenvalue weighted by Gasteiger charge is 2.33. The molecule has 0 bridgehead atoms. The van der Waals surface area contributed by atoms with E-state index in [0.717, 1.165) is 43.0 Å². The third kappa shape index (κ3) is 5.68. The summed E-state index contributed by atoms with van der Waals surface area (Å²) in [5.41, 5.74) is 1.63. The Morgan fingerprint density at radius 2 is 2.03 bits per heavy atom. The maximum atomic E-state index is 13.1. The molecule has 2 aliphatic carbocycles. The topological polar surface area (TPSA) is 107 Å². The number of Topliss-reactive ketones (excluding diaryl/α,β-unsaturated/α-hetero) is 2. The summed E-state index contributed by atoms with van der Waals surface area (Å²) < 4.78 is 0. The molecule has 0 radical (unpaired) electrons. The Morgan fingerprint density at radius 1 is 1.21 bits per heavy atom. The van der Waals surface area contributed by atoms with Crippen LogP contribution in [0.5, 0.6) is 0 Å². The molecule has 0 spiro atoms. The van der Waals surface area contributed by atoms with Crippen molar-refractivity contribution in [3.8, 4) is 6.07 Å². The Balaban J connectivity index is 1.43. The van der Waals surface area contributed by atoms with Crippen LogP contribution in [-0.2, 0) is 9.59 Å². The van der Waals surface area contributed by atoms with Crippen molar-refractivity contribution in [3.05, 3.63) is 41.4 Å². The Morgan fingerprint density at radius 3 is 2.73 bits per heavy atom. The lowest BCUT2D eigenvalue weighted by molar-refractivity contribution is -0.127. The van der Waals surface area contributed by atoms with Gasteiger partial charge in [0.1, 0.15) is 11.8 Å². The minimum atomic E-state index is -0.721. The number of carbonyl (C=O) groups excluding carboxylic acids is 3. The molecule has 2 N–H and O–H groups in total. The average molecular weight is 445 g/mol. The molecule has 0 unspecified atom stereocenters. The van der Waals surface area contributed by atoms with E-state index >= 15 is 0 Å². The van der Waals surface area contributed by atoms with Crippen LogP contribution in [0.25, 0.3) is 15.7 Å². The van der Waals surface area contributed by atoms with Crippen molar-refractivity contribution in [1.82, 2.24) is 10.3 Å². The van der Waals surface area contributed by atoms with E-state index in [2.05, 4.69) is 21.2 Å². The van der Waals surface area contributed by atoms with Crippen molar-refractivity contribution >= 4 is 34.1 Å². The number of aromatic nitrogens is 1. The summed E-state index contributed by atoms with van der Waals surface area (Å²) in [4.78, 5) is 44.7. The van der Waals surface area contributed by atoms with Crippen molar-refractivity contribution in [2.45, 2.75) is 63.8 Å². The van der Waals surface area contributed by atoms with Crippen LogP contribution in [0.4, 0.5) is 5.69 Å². The first kappa shape index (κ1) is 22.7. The van der Waals surface area contributed by atoms with Gasteiger partial charge in [0.15, 0.2) is 11.5 Å². The van der Waals surface area contributed by atoms with Gasteiger partial charge < -0.3 is 10.3 Å². The fourth-order valence-corrected chi connectivity index (χ4v) is 4.73. The lowest BCUT2D eigenvalue weighted by atomic mass is 9.83. The average Bonchev–Trinajstić information content (AvgIpc) is 3.53. The Labute approximate surface area is 193 Å². The van der Waals surface area contributed by atoms with Gasteiger partial charge in [-0.1, -0.05) is 31.4 Å². The van der Waals surface area contributed by atoms with Crippen molar-refractivity contribution < 1.29 is 14.4 Å². The quantitative estimate of drug-likeness (QED) is 0.425. The van der Waals surface area contributed by atoms with E-state index < -0.39 is 12.0 Å². The van der Waals surface area contributed by atoms with E-state index in [1.165, 1.54) is 0 Å². The first-order chi connectivity index (χ1) is 16.0. The molecule has 7 nitrogen and oxygen atoms in total. The first-order valence-electron chi connectivity index (χ1n) is 11.7. The summed E-state index contributed by atoms with van der Waals surface area (Å²) in [5.74, 6) is -0.491. The molecule has 2 aromatic rings. The fraction of sp³-hybridized carbons (Fsp3) is 0.500. The molecular formula is C26H28N4O3. The number of ketones is 2. The van der Waals surface area contributed by atoms with Crippen molar-refractivity contribution in [2.24, 2.45) is 17.8 Å². The standard InChI is InChI=1S/C26H28N4O3/c1-28-20-9-8-17-12-23(30-22(17)14-20)25(32)13-19(10-16-6-7-16)26(33)29-21(15-27)11-18-4-2-3-5-24(18)31/h8-9,12,14,16,18-19,21,30H,2-7,10-11,13H2,(H,29,33)/t18-,19+,21-/m0/s1. The SMILES string of the molecule is [C-]#[N+]c1ccc2cc(C(=O)C[C@@H](CC3CC3)C(=O)N[C@H](C#N)C[C@@H]3CCCCC3=O)[nH]c2c1. The van der Waals surface area contributed by atoms with Crippen LogP contribution in [0.2, 0.25) is 0 Å². The van der Waals surface area contributed by atoms with Gasteiger partial charge in [-0.2, -0.15) is 5.26 Å². The monoisotopic (exact) mass is 444 g/mol. The van der Waals surface area contributed by atoms with Crippen LogP contribution in [0, 0.1) is 35.7 Å². The maximum Gasteiger partial charge on any atom is 0.224 e. The molecule has 1 aromatic heterocycles. The molecule has 170 valence electrons. The minimum Gasteiger partial charge on any atom is -0.353 e. The lowest BCUT2D eigenvalue weighted by Gasteiger charge is -2.24.